The summed E-state index contributed by atoms with van der Waals surface area (Å²) in [4.78, 5) is 11.3. The van der Waals surface area contributed by atoms with Gasteiger partial charge in [0.1, 0.15) is 0 Å². The summed E-state index contributed by atoms with van der Waals surface area (Å²) in [6, 6.07) is 3.76. The number of benzene rings is 1. The zero-order valence-electron chi connectivity index (χ0n) is 7.80. The summed E-state index contributed by atoms with van der Waals surface area (Å²) >= 11 is 0. The van der Waals surface area contributed by atoms with Crippen molar-refractivity contribution in [3.8, 4) is 0 Å². The lowest BCUT2D eigenvalue weighted by molar-refractivity contribution is -0.385. The fraction of sp³-hybridized carbons (Fsp3) is 0.143. The molecule has 0 aromatic heterocycles. The Hall–Kier alpha value is -1.51. The van der Waals surface area contributed by atoms with Gasteiger partial charge < -0.3 is 0 Å². The third kappa shape index (κ3) is 2.12. The Bertz CT molecular complexity index is 497. The monoisotopic (exact) mass is 231 g/mol. The molecule has 0 radical (unpaired) electrons. The maximum Gasteiger partial charge on any atom is 0.273 e. The van der Waals surface area contributed by atoms with Crippen LogP contribution < -0.4 is 10.7 Å². The molecule has 0 atom stereocenters. The highest BCUT2D eigenvalue weighted by atomic mass is 32.2. The Morgan fingerprint density at radius 1 is 1.47 bits per heavy atom. The van der Waals surface area contributed by atoms with E-state index in [-0.39, 0.29) is 16.1 Å². The molecule has 0 heterocycles. The molecule has 1 rings (SSSR count). The Morgan fingerprint density at radius 3 is 2.53 bits per heavy atom. The lowest BCUT2D eigenvalue weighted by atomic mass is 10.2. The van der Waals surface area contributed by atoms with Crippen molar-refractivity contribution in [1.82, 2.24) is 4.83 Å². The van der Waals surface area contributed by atoms with E-state index in [0.29, 0.717) is 0 Å². The minimum Gasteiger partial charge on any atom is -0.258 e. The molecule has 1 aromatic carbocycles. The van der Waals surface area contributed by atoms with Crippen molar-refractivity contribution in [2.45, 2.75) is 11.8 Å². The van der Waals surface area contributed by atoms with Crippen LogP contribution in [0.3, 0.4) is 0 Å². The normalized spacial score (nSPS) is 11.3. The summed E-state index contributed by atoms with van der Waals surface area (Å²) in [6.45, 7) is 1.35. The van der Waals surface area contributed by atoms with E-state index in [2.05, 4.69) is 0 Å². The van der Waals surface area contributed by atoms with Crippen molar-refractivity contribution in [1.29, 1.82) is 0 Å². The number of hydrogen-bond acceptors (Lipinski definition) is 5. The van der Waals surface area contributed by atoms with Crippen LogP contribution in [0.15, 0.2) is 23.1 Å². The fourth-order valence-corrected chi connectivity index (χ4v) is 2.05. The molecule has 0 bridgehead atoms. The topological polar surface area (TPSA) is 115 Å². The molecule has 0 spiro atoms. The number of nitrogens with zero attached hydrogens (tertiary/aromatic N) is 1. The summed E-state index contributed by atoms with van der Waals surface area (Å²) in [5, 5.41) is 10.5. The van der Waals surface area contributed by atoms with Crippen LogP contribution in [-0.4, -0.2) is 13.3 Å². The van der Waals surface area contributed by atoms with Crippen LogP contribution in [0.25, 0.3) is 0 Å². The molecule has 7 nitrogen and oxygen atoms in total. The van der Waals surface area contributed by atoms with E-state index in [1.54, 1.807) is 4.83 Å². The Kier molecular flexibility index (Phi) is 3.03. The molecule has 0 saturated carbocycles. The molecular weight excluding hydrogens is 222 g/mol. The second kappa shape index (κ2) is 3.93. The molecule has 8 heteroatoms. The van der Waals surface area contributed by atoms with Crippen LogP contribution in [0, 0.1) is 17.0 Å². The summed E-state index contributed by atoms with van der Waals surface area (Å²) in [5.74, 6) is 4.83. The van der Waals surface area contributed by atoms with Crippen molar-refractivity contribution in [2.24, 2.45) is 5.84 Å². The molecule has 0 aliphatic heterocycles. The van der Waals surface area contributed by atoms with Gasteiger partial charge in [0.15, 0.2) is 0 Å². The Morgan fingerprint density at radius 2 is 2.07 bits per heavy atom. The van der Waals surface area contributed by atoms with Gasteiger partial charge in [-0.05, 0) is 13.0 Å². The standard InChI is InChI=1S/C7H9N3O4S/c1-5-6(10(11)12)3-2-4-7(5)15(13,14)9-8/h2-4,9H,8H2,1H3. The molecule has 0 fully saturated rings. The maximum absolute atomic E-state index is 11.3. The van der Waals surface area contributed by atoms with Gasteiger partial charge in [-0.1, -0.05) is 6.07 Å². The number of hydrazine groups is 1. The molecule has 82 valence electrons. The molecule has 1 aromatic rings. The van der Waals surface area contributed by atoms with Crippen molar-refractivity contribution >= 4 is 15.7 Å². The van der Waals surface area contributed by atoms with Crippen LogP contribution in [0.4, 0.5) is 5.69 Å². The highest BCUT2D eigenvalue weighted by Gasteiger charge is 2.21. The second-order valence-corrected chi connectivity index (χ2v) is 4.46. The highest BCUT2D eigenvalue weighted by molar-refractivity contribution is 7.89. The van der Waals surface area contributed by atoms with Gasteiger partial charge in [0.05, 0.1) is 9.82 Å². The van der Waals surface area contributed by atoms with Crippen molar-refractivity contribution in [3.63, 3.8) is 0 Å². The van der Waals surface area contributed by atoms with Crippen molar-refractivity contribution in [3.05, 3.63) is 33.9 Å². The van der Waals surface area contributed by atoms with Crippen LogP contribution in [-0.2, 0) is 10.0 Å². The molecular formula is C7H9N3O4S. The molecule has 0 amide bonds. The van der Waals surface area contributed by atoms with E-state index in [1.165, 1.54) is 25.1 Å². The van der Waals surface area contributed by atoms with Gasteiger partial charge in [0.25, 0.3) is 15.7 Å². The predicted molar refractivity (Wildman–Crippen MR) is 52.3 cm³/mol. The van der Waals surface area contributed by atoms with Crippen molar-refractivity contribution in [2.75, 3.05) is 0 Å². The molecule has 15 heavy (non-hydrogen) atoms. The SMILES string of the molecule is Cc1c([N+](=O)[O-])cccc1S(=O)(=O)NN. The summed E-state index contributed by atoms with van der Waals surface area (Å²) in [7, 11) is -3.86. The van der Waals surface area contributed by atoms with Crippen LogP contribution >= 0.6 is 0 Å². The van der Waals surface area contributed by atoms with E-state index in [4.69, 9.17) is 5.84 Å². The summed E-state index contributed by atoms with van der Waals surface area (Å²) in [5.41, 5.74) is -0.202. The van der Waals surface area contributed by atoms with Gasteiger partial charge in [-0.15, -0.1) is 0 Å². The first-order chi connectivity index (χ1) is 6.90. The first-order valence-corrected chi connectivity index (χ1v) is 5.35. The van der Waals surface area contributed by atoms with E-state index in [9.17, 15) is 18.5 Å². The zero-order chi connectivity index (χ0) is 11.6. The first-order valence-electron chi connectivity index (χ1n) is 3.86. The molecule has 3 N–H and O–H groups in total. The quantitative estimate of drug-likeness (QED) is 0.433. The number of hydrogen-bond donors (Lipinski definition) is 2. The lowest BCUT2D eigenvalue weighted by Crippen LogP contribution is -2.30. The van der Waals surface area contributed by atoms with Gasteiger partial charge in [0.2, 0.25) is 0 Å². The average Bonchev–Trinajstić information content (AvgIpc) is 2.17. The van der Waals surface area contributed by atoms with E-state index < -0.39 is 14.9 Å². The summed E-state index contributed by atoms with van der Waals surface area (Å²) < 4.78 is 22.7. The molecule has 0 aliphatic rings. The minimum absolute atomic E-state index is 0.0560. The second-order valence-electron chi connectivity index (χ2n) is 2.78. The fourth-order valence-electron chi connectivity index (χ4n) is 1.16. The largest absolute Gasteiger partial charge is 0.273 e. The number of nitro groups is 1. The van der Waals surface area contributed by atoms with Crippen LogP contribution in [0.2, 0.25) is 0 Å². The van der Waals surface area contributed by atoms with Crippen molar-refractivity contribution < 1.29 is 13.3 Å². The predicted octanol–water partition coefficient (Wildman–Crippen LogP) is 0.0552. The van der Waals surface area contributed by atoms with Gasteiger partial charge in [0, 0.05) is 11.6 Å². The van der Waals surface area contributed by atoms with E-state index in [0.717, 1.165) is 0 Å². The third-order valence-electron chi connectivity index (χ3n) is 1.90. The third-order valence-corrected chi connectivity index (χ3v) is 3.23. The molecule has 0 unspecified atom stereocenters. The average molecular weight is 231 g/mol. The van der Waals surface area contributed by atoms with Gasteiger partial charge in [-0.3, -0.25) is 16.0 Å². The number of sulfonamides is 1. The number of nitrogens with one attached hydrogen (secondary N) is 1. The highest BCUT2D eigenvalue weighted by Crippen LogP contribution is 2.23. The Balaban J connectivity index is 3.47. The smallest absolute Gasteiger partial charge is 0.258 e. The van der Waals surface area contributed by atoms with Gasteiger partial charge >= 0.3 is 0 Å². The number of nitro benzene ring substituents is 1. The first kappa shape index (κ1) is 11.6. The maximum atomic E-state index is 11.3. The zero-order valence-corrected chi connectivity index (χ0v) is 8.61. The van der Waals surface area contributed by atoms with Crippen LogP contribution in [0.5, 0.6) is 0 Å². The number of nitrogens with two attached hydrogens (primary N) is 1. The van der Waals surface area contributed by atoms with Crippen LogP contribution in [0.1, 0.15) is 5.56 Å². The Labute approximate surface area is 86.1 Å². The molecule has 0 saturated heterocycles. The minimum atomic E-state index is -3.86. The lowest BCUT2D eigenvalue weighted by Gasteiger charge is -2.05. The van der Waals surface area contributed by atoms with E-state index >= 15 is 0 Å². The molecule has 0 aliphatic carbocycles. The van der Waals surface area contributed by atoms with E-state index in [1.807, 2.05) is 0 Å². The number of rotatable bonds is 3. The van der Waals surface area contributed by atoms with Gasteiger partial charge in [-0.25, -0.2) is 8.42 Å². The summed E-state index contributed by atoms with van der Waals surface area (Å²) in [6.07, 6.45) is 0. The van der Waals surface area contributed by atoms with Gasteiger partial charge in [-0.2, -0.15) is 4.83 Å².